The van der Waals surface area contributed by atoms with Crippen LogP contribution in [0.4, 0.5) is 5.82 Å². The molecule has 3 heterocycles. The molecule has 0 unspecified atom stereocenters. The third-order valence-corrected chi connectivity index (χ3v) is 5.25. The van der Waals surface area contributed by atoms with Crippen LogP contribution in [0.3, 0.4) is 0 Å². The molecule has 0 fully saturated rings. The number of H-pyrrole nitrogens is 1. The average molecular weight is 424 g/mol. The Balaban J connectivity index is 1.42. The van der Waals surface area contributed by atoms with Crippen molar-refractivity contribution in [1.82, 2.24) is 24.4 Å². The summed E-state index contributed by atoms with van der Waals surface area (Å²) >= 11 is 0. The molecule has 10 heteroatoms. The van der Waals surface area contributed by atoms with Crippen LogP contribution in [0, 0.1) is 0 Å². The van der Waals surface area contributed by atoms with Gasteiger partial charge in [0.1, 0.15) is 5.52 Å². The van der Waals surface area contributed by atoms with E-state index in [0.29, 0.717) is 48.3 Å². The number of nitrogen functional groups attached to an aromatic ring is 1. The first kappa shape index (κ1) is 20.6. The summed E-state index contributed by atoms with van der Waals surface area (Å²) in [5, 5.41) is 0. The molecule has 0 spiro atoms. The lowest BCUT2D eigenvalue weighted by Gasteiger charge is -2.13. The average Bonchev–Trinajstić information content (AvgIpc) is 3.20. The molecular formula is C21H24N6O4. The predicted molar refractivity (Wildman–Crippen MR) is 114 cm³/mol. The van der Waals surface area contributed by atoms with Crippen molar-refractivity contribution < 1.29 is 14.3 Å². The van der Waals surface area contributed by atoms with Crippen molar-refractivity contribution in [1.29, 1.82) is 0 Å². The molecule has 3 N–H and O–H groups in total. The summed E-state index contributed by atoms with van der Waals surface area (Å²) in [4.78, 5) is 49.6. The summed E-state index contributed by atoms with van der Waals surface area (Å²) in [6.45, 7) is 3.16. The van der Waals surface area contributed by atoms with Gasteiger partial charge in [0.25, 0.3) is 11.8 Å². The number of carbonyl (C=O) groups is 2. The number of imidazole rings is 1. The Bertz CT molecular complexity index is 1160. The zero-order valence-corrected chi connectivity index (χ0v) is 17.3. The number of aromatic amines is 1. The van der Waals surface area contributed by atoms with Gasteiger partial charge in [0, 0.05) is 13.1 Å². The highest BCUT2D eigenvalue weighted by atomic mass is 16.5. The van der Waals surface area contributed by atoms with Gasteiger partial charge in [-0.1, -0.05) is 25.5 Å². The van der Waals surface area contributed by atoms with Crippen molar-refractivity contribution >= 4 is 28.8 Å². The first-order valence-electron chi connectivity index (χ1n) is 10.3. The third-order valence-electron chi connectivity index (χ3n) is 5.25. The number of imide groups is 1. The summed E-state index contributed by atoms with van der Waals surface area (Å²) < 4.78 is 7.01. The smallest absolute Gasteiger partial charge is 0.327 e. The number of aryl methyl sites for hydroxylation is 1. The maximum absolute atomic E-state index is 12.4. The van der Waals surface area contributed by atoms with Crippen molar-refractivity contribution in [3.8, 4) is 6.01 Å². The number of rotatable bonds is 9. The number of carbonyl (C=O) groups excluding carboxylic acids is 2. The number of nitrogens with one attached hydrogen (secondary N) is 1. The number of hydrogen-bond acceptors (Lipinski definition) is 7. The van der Waals surface area contributed by atoms with E-state index in [9.17, 15) is 14.4 Å². The third kappa shape index (κ3) is 3.88. The zero-order chi connectivity index (χ0) is 22.0. The van der Waals surface area contributed by atoms with Crippen molar-refractivity contribution in [2.45, 2.75) is 39.2 Å². The Morgan fingerprint density at radius 1 is 1.00 bits per heavy atom. The van der Waals surface area contributed by atoms with Crippen molar-refractivity contribution in [3.63, 3.8) is 0 Å². The highest BCUT2D eigenvalue weighted by Gasteiger charge is 2.34. The van der Waals surface area contributed by atoms with E-state index in [1.54, 1.807) is 24.3 Å². The summed E-state index contributed by atoms with van der Waals surface area (Å²) in [5.41, 5.74) is 7.23. The van der Waals surface area contributed by atoms with Crippen LogP contribution in [0.1, 0.15) is 53.3 Å². The molecule has 31 heavy (non-hydrogen) atoms. The van der Waals surface area contributed by atoms with Gasteiger partial charge in [0.15, 0.2) is 11.5 Å². The molecule has 0 saturated carbocycles. The van der Waals surface area contributed by atoms with E-state index in [0.717, 1.165) is 12.8 Å². The normalized spacial score (nSPS) is 13.3. The van der Waals surface area contributed by atoms with Crippen LogP contribution in [0.15, 0.2) is 29.1 Å². The first-order chi connectivity index (χ1) is 15.0. The van der Waals surface area contributed by atoms with Crippen LogP contribution in [0.25, 0.3) is 11.2 Å². The lowest BCUT2D eigenvalue weighted by Crippen LogP contribution is -2.31. The molecule has 162 valence electrons. The highest BCUT2D eigenvalue weighted by molar-refractivity contribution is 6.21. The molecule has 2 amide bonds. The molecular weight excluding hydrogens is 400 g/mol. The van der Waals surface area contributed by atoms with E-state index in [2.05, 4.69) is 15.0 Å². The number of nitrogens with zero attached hydrogens (tertiary/aromatic N) is 4. The van der Waals surface area contributed by atoms with Crippen LogP contribution < -0.4 is 16.2 Å². The molecule has 0 atom stereocenters. The fourth-order valence-corrected chi connectivity index (χ4v) is 3.59. The van der Waals surface area contributed by atoms with Gasteiger partial charge in [-0.05, 0) is 31.4 Å². The molecule has 0 radical (unpaired) electrons. The van der Waals surface area contributed by atoms with Gasteiger partial charge >= 0.3 is 11.7 Å². The molecule has 0 bridgehead atoms. The number of ether oxygens (including phenoxy) is 1. The van der Waals surface area contributed by atoms with E-state index in [1.807, 2.05) is 6.92 Å². The minimum Gasteiger partial charge on any atom is -0.463 e. The minimum absolute atomic E-state index is 0.136. The maximum atomic E-state index is 12.4. The summed E-state index contributed by atoms with van der Waals surface area (Å²) in [6.07, 6.45) is 2.94. The topological polar surface area (TPSA) is 136 Å². The number of anilines is 1. The molecule has 0 saturated heterocycles. The number of fused-ring (bicyclic) bond motifs is 2. The van der Waals surface area contributed by atoms with Gasteiger partial charge in [-0.15, -0.1) is 0 Å². The molecule has 3 aromatic rings. The van der Waals surface area contributed by atoms with Gasteiger partial charge in [-0.2, -0.15) is 9.97 Å². The largest absolute Gasteiger partial charge is 0.463 e. The fraction of sp³-hybridized carbons (Fsp3) is 0.381. The lowest BCUT2D eigenvalue weighted by atomic mass is 10.1. The van der Waals surface area contributed by atoms with Gasteiger partial charge in [-0.3, -0.25) is 19.1 Å². The summed E-state index contributed by atoms with van der Waals surface area (Å²) in [6, 6.07) is 6.93. The minimum atomic E-state index is -0.345. The first-order valence-corrected chi connectivity index (χ1v) is 10.3. The zero-order valence-electron chi connectivity index (χ0n) is 17.3. The van der Waals surface area contributed by atoms with Gasteiger partial charge < -0.3 is 15.5 Å². The molecule has 1 aliphatic heterocycles. The van der Waals surface area contributed by atoms with Crippen molar-refractivity contribution in [2.24, 2.45) is 0 Å². The lowest BCUT2D eigenvalue weighted by molar-refractivity contribution is 0.0651. The quantitative estimate of drug-likeness (QED) is 0.396. The number of benzene rings is 1. The number of hydrogen-bond donors (Lipinski definition) is 2. The number of aromatic nitrogens is 4. The standard InChI is InChI=1S/C21H24N6O4/c1-2-3-12-31-20-24-16(22)15-17(25-20)26(21(30)23-15)10-6-7-11-27-18(28)13-8-4-5-9-14(13)19(27)29/h4-5,8-9H,2-3,6-7,10-12H2,1H3,(H,23,30)(H2,22,24,25). The Kier molecular flexibility index (Phi) is 5.70. The van der Waals surface area contributed by atoms with Crippen molar-refractivity contribution in [2.75, 3.05) is 18.9 Å². The van der Waals surface area contributed by atoms with Crippen LogP contribution >= 0.6 is 0 Å². The van der Waals surface area contributed by atoms with Crippen LogP contribution in [-0.2, 0) is 6.54 Å². The molecule has 4 rings (SSSR count). The van der Waals surface area contributed by atoms with E-state index in [1.165, 1.54) is 9.47 Å². The number of unbranched alkanes of at least 4 members (excludes halogenated alkanes) is 2. The fourth-order valence-electron chi connectivity index (χ4n) is 3.59. The van der Waals surface area contributed by atoms with Crippen LogP contribution in [-0.4, -0.2) is 49.4 Å². The molecule has 1 aliphatic rings. The second kappa shape index (κ2) is 8.58. The molecule has 1 aromatic carbocycles. The Labute approximate surface area is 178 Å². The maximum Gasteiger partial charge on any atom is 0.327 e. The molecule has 2 aromatic heterocycles. The van der Waals surface area contributed by atoms with Gasteiger partial charge in [-0.25, -0.2) is 4.79 Å². The second-order valence-corrected chi connectivity index (χ2v) is 7.39. The predicted octanol–water partition coefficient (Wildman–Crippen LogP) is 1.96. The Morgan fingerprint density at radius 2 is 1.68 bits per heavy atom. The summed E-state index contributed by atoms with van der Waals surface area (Å²) in [5.74, 6) is -0.406. The number of amides is 2. The van der Waals surface area contributed by atoms with E-state index < -0.39 is 0 Å². The second-order valence-electron chi connectivity index (χ2n) is 7.39. The summed E-state index contributed by atoms with van der Waals surface area (Å²) in [7, 11) is 0. The molecule has 10 nitrogen and oxygen atoms in total. The van der Waals surface area contributed by atoms with E-state index in [-0.39, 0.29) is 35.9 Å². The Morgan fingerprint density at radius 3 is 2.35 bits per heavy atom. The Hall–Kier alpha value is -3.69. The van der Waals surface area contributed by atoms with Crippen LogP contribution in [0.2, 0.25) is 0 Å². The highest BCUT2D eigenvalue weighted by Crippen LogP contribution is 2.23. The SMILES string of the molecule is CCCCOc1nc(N)c2[nH]c(=O)n(CCCCN3C(=O)c4ccccc4C3=O)c2n1. The monoisotopic (exact) mass is 424 g/mol. The molecule has 0 aliphatic carbocycles. The van der Waals surface area contributed by atoms with E-state index >= 15 is 0 Å². The number of nitrogens with two attached hydrogens (primary N) is 1. The van der Waals surface area contributed by atoms with E-state index in [4.69, 9.17) is 10.5 Å². The van der Waals surface area contributed by atoms with Gasteiger partial charge in [0.05, 0.1) is 17.7 Å². The van der Waals surface area contributed by atoms with Crippen LogP contribution in [0.5, 0.6) is 6.01 Å². The van der Waals surface area contributed by atoms with Gasteiger partial charge in [0.2, 0.25) is 0 Å². The van der Waals surface area contributed by atoms with Crippen molar-refractivity contribution in [3.05, 3.63) is 45.9 Å².